The first-order chi connectivity index (χ1) is 13.5. The fourth-order valence-electron chi connectivity index (χ4n) is 3.19. The molecule has 1 aliphatic rings. The fourth-order valence-corrected chi connectivity index (χ4v) is 3.19. The van der Waals surface area contributed by atoms with Crippen LogP contribution < -0.4 is 0 Å². The molecule has 3 heteroatoms. The topological polar surface area (TPSA) is 38.9 Å². The molecule has 3 aromatic rings. The van der Waals surface area contributed by atoms with Crippen molar-refractivity contribution >= 4 is 5.57 Å². The summed E-state index contributed by atoms with van der Waals surface area (Å²) in [5, 5.41) is 8.54. The van der Waals surface area contributed by atoms with Gasteiger partial charge in [0.1, 0.15) is 0 Å². The maximum Gasteiger partial charge on any atom is 0.248 e. The van der Waals surface area contributed by atoms with Gasteiger partial charge in [0.15, 0.2) is 0 Å². The van der Waals surface area contributed by atoms with Crippen molar-refractivity contribution in [3.05, 3.63) is 90.4 Å². The Morgan fingerprint density at radius 3 is 2.11 bits per heavy atom. The summed E-state index contributed by atoms with van der Waals surface area (Å²) in [6, 6.07) is 18.5. The standard InChI is InChI=1S/C25H24N2O/c1-25(2,3)22-11-7-10-20(16-17-22)23-26-27-24(28-23)21-14-12-19(13-15-21)18-8-5-4-6-9-18/h4-9,11-17H,10H2,1-3H3. The number of rotatable bonds is 3. The minimum atomic E-state index is 0.114. The van der Waals surface area contributed by atoms with Crippen LogP contribution >= 0.6 is 0 Å². The van der Waals surface area contributed by atoms with Crippen LogP contribution in [0.25, 0.3) is 28.2 Å². The number of nitrogens with zero attached hydrogens (tertiary/aromatic N) is 2. The summed E-state index contributed by atoms with van der Waals surface area (Å²) in [7, 11) is 0. The Labute approximate surface area is 166 Å². The third kappa shape index (κ3) is 3.89. The number of aromatic nitrogens is 2. The van der Waals surface area contributed by atoms with Crippen LogP contribution in [0, 0.1) is 5.41 Å². The molecule has 140 valence electrons. The molecule has 0 aliphatic heterocycles. The molecule has 0 unspecified atom stereocenters. The van der Waals surface area contributed by atoms with Gasteiger partial charge in [-0.2, -0.15) is 0 Å². The maximum atomic E-state index is 5.98. The van der Waals surface area contributed by atoms with E-state index in [1.807, 2.05) is 30.3 Å². The molecule has 1 aromatic heterocycles. The first-order valence-corrected chi connectivity index (χ1v) is 9.58. The van der Waals surface area contributed by atoms with Crippen molar-refractivity contribution < 1.29 is 4.42 Å². The Morgan fingerprint density at radius 2 is 1.39 bits per heavy atom. The number of allylic oxidation sites excluding steroid dienone is 6. The summed E-state index contributed by atoms with van der Waals surface area (Å²) in [4.78, 5) is 0. The molecule has 0 fully saturated rings. The first kappa shape index (κ1) is 18.2. The third-order valence-electron chi connectivity index (χ3n) is 4.90. The van der Waals surface area contributed by atoms with Crippen LogP contribution in [0.15, 0.2) is 88.9 Å². The van der Waals surface area contributed by atoms with Crippen LogP contribution in [-0.4, -0.2) is 10.2 Å². The lowest BCUT2D eigenvalue weighted by Gasteiger charge is -2.19. The average Bonchev–Trinajstić information content (AvgIpc) is 3.05. The molecule has 0 radical (unpaired) electrons. The molecule has 4 rings (SSSR count). The van der Waals surface area contributed by atoms with Gasteiger partial charge in [0.25, 0.3) is 0 Å². The smallest absolute Gasteiger partial charge is 0.248 e. The Kier molecular flexibility index (Phi) is 4.82. The van der Waals surface area contributed by atoms with Crippen molar-refractivity contribution in [3.63, 3.8) is 0 Å². The molecule has 0 spiro atoms. The van der Waals surface area contributed by atoms with Crippen molar-refractivity contribution in [1.29, 1.82) is 0 Å². The van der Waals surface area contributed by atoms with E-state index < -0.39 is 0 Å². The highest BCUT2D eigenvalue weighted by molar-refractivity contribution is 5.68. The summed E-state index contributed by atoms with van der Waals surface area (Å²) in [6.07, 6.45) is 9.37. The Morgan fingerprint density at radius 1 is 0.750 bits per heavy atom. The van der Waals surface area contributed by atoms with E-state index in [0.29, 0.717) is 11.8 Å². The molecule has 3 nitrogen and oxygen atoms in total. The van der Waals surface area contributed by atoms with Gasteiger partial charge in [-0.25, -0.2) is 0 Å². The van der Waals surface area contributed by atoms with Gasteiger partial charge in [0.05, 0.1) is 0 Å². The van der Waals surface area contributed by atoms with Crippen LogP contribution in [0.4, 0.5) is 0 Å². The van der Waals surface area contributed by atoms with Crippen LogP contribution in [0.2, 0.25) is 0 Å². The van der Waals surface area contributed by atoms with E-state index in [1.165, 1.54) is 16.7 Å². The van der Waals surface area contributed by atoms with Gasteiger partial charge in [0.2, 0.25) is 11.8 Å². The summed E-state index contributed by atoms with van der Waals surface area (Å²) >= 11 is 0. The van der Waals surface area contributed by atoms with E-state index in [9.17, 15) is 0 Å². The molecule has 0 saturated heterocycles. The van der Waals surface area contributed by atoms with Crippen LogP contribution in [-0.2, 0) is 0 Å². The SMILES string of the molecule is CC(C)(C)C1=CC=C(c2nnc(-c3ccc(-c4ccccc4)cc3)o2)CC=C1. The van der Waals surface area contributed by atoms with E-state index in [2.05, 4.69) is 79.5 Å². The van der Waals surface area contributed by atoms with Gasteiger partial charge in [-0.3, -0.25) is 0 Å². The highest BCUT2D eigenvalue weighted by Crippen LogP contribution is 2.31. The lowest BCUT2D eigenvalue weighted by Crippen LogP contribution is -2.06. The Bertz CT molecular complexity index is 1050. The third-order valence-corrected chi connectivity index (χ3v) is 4.90. The van der Waals surface area contributed by atoms with Gasteiger partial charge in [-0.1, -0.05) is 87.5 Å². The zero-order chi connectivity index (χ0) is 19.6. The molecule has 0 amide bonds. The van der Waals surface area contributed by atoms with Crippen molar-refractivity contribution in [2.45, 2.75) is 27.2 Å². The summed E-state index contributed by atoms with van der Waals surface area (Å²) < 4.78 is 5.98. The van der Waals surface area contributed by atoms with E-state index >= 15 is 0 Å². The largest absolute Gasteiger partial charge is 0.416 e. The minimum Gasteiger partial charge on any atom is -0.416 e. The van der Waals surface area contributed by atoms with E-state index in [1.54, 1.807) is 0 Å². The van der Waals surface area contributed by atoms with E-state index in [4.69, 9.17) is 4.42 Å². The van der Waals surface area contributed by atoms with Gasteiger partial charge in [-0.15, -0.1) is 10.2 Å². The number of hydrogen-bond acceptors (Lipinski definition) is 3. The predicted molar refractivity (Wildman–Crippen MR) is 114 cm³/mol. The second-order valence-electron chi connectivity index (χ2n) is 8.03. The Balaban J connectivity index is 1.57. The molecule has 0 atom stereocenters. The second kappa shape index (κ2) is 7.43. The normalized spacial score (nSPS) is 14.4. The van der Waals surface area contributed by atoms with Gasteiger partial charge >= 0.3 is 0 Å². The Hall–Kier alpha value is -3.20. The second-order valence-corrected chi connectivity index (χ2v) is 8.03. The van der Waals surface area contributed by atoms with Crippen molar-refractivity contribution in [2.75, 3.05) is 0 Å². The molecule has 1 heterocycles. The molecule has 2 aromatic carbocycles. The van der Waals surface area contributed by atoms with Crippen LogP contribution in [0.3, 0.4) is 0 Å². The molecular weight excluding hydrogens is 344 g/mol. The van der Waals surface area contributed by atoms with Crippen LogP contribution in [0.1, 0.15) is 33.1 Å². The van der Waals surface area contributed by atoms with Crippen LogP contribution in [0.5, 0.6) is 0 Å². The first-order valence-electron chi connectivity index (χ1n) is 9.58. The number of benzene rings is 2. The molecule has 28 heavy (non-hydrogen) atoms. The summed E-state index contributed by atoms with van der Waals surface area (Å²) in [6.45, 7) is 6.64. The number of hydrogen-bond donors (Lipinski definition) is 0. The zero-order valence-electron chi connectivity index (χ0n) is 16.5. The molecular formula is C25H24N2O. The zero-order valence-corrected chi connectivity index (χ0v) is 16.5. The van der Waals surface area contributed by atoms with E-state index in [-0.39, 0.29) is 5.41 Å². The lowest BCUT2D eigenvalue weighted by molar-refractivity contribution is 0.517. The molecule has 0 saturated carbocycles. The predicted octanol–water partition coefficient (Wildman–Crippen LogP) is 6.72. The van der Waals surface area contributed by atoms with Crippen molar-refractivity contribution in [2.24, 2.45) is 5.41 Å². The van der Waals surface area contributed by atoms with Crippen molar-refractivity contribution in [1.82, 2.24) is 10.2 Å². The van der Waals surface area contributed by atoms with Gasteiger partial charge < -0.3 is 4.42 Å². The lowest BCUT2D eigenvalue weighted by atomic mass is 9.86. The van der Waals surface area contributed by atoms with Gasteiger partial charge in [0, 0.05) is 11.1 Å². The molecule has 0 bridgehead atoms. The quantitative estimate of drug-likeness (QED) is 0.515. The average molecular weight is 368 g/mol. The maximum absolute atomic E-state index is 5.98. The minimum absolute atomic E-state index is 0.114. The highest BCUT2D eigenvalue weighted by Gasteiger charge is 2.17. The van der Waals surface area contributed by atoms with Crippen molar-refractivity contribution in [3.8, 4) is 22.6 Å². The fraction of sp³-hybridized carbons (Fsp3) is 0.200. The van der Waals surface area contributed by atoms with Gasteiger partial charge in [-0.05, 0) is 40.7 Å². The highest BCUT2D eigenvalue weighted by atomic mass is 16.4. The summed E-state index contributed by atoms with van der Waals surface area (Å²) in [5.74, 6) is 1.13. The summed E-state index contributed by atoms with van der Waals surface area (Å²) in [5.41, 5.74) is 5.73. The molecule has 1 aliphatic carbocycles. The monoisotopic (exact) mass is 368 g/mol. The molecule has 0 N–H and O–H groups in total. The van der Waals surface area contributed by atoms with E-state index in [0.717, 1.165) is 17.6 Å².